The smallest absolute Gasteiger partial charge is 0.317 e. The summed E-state index contributed by atoms with van der Waals surface area (Å²) in [5.74, 6) is 0.0857. The molecule has 0 radical (unpaired) electrons. The SMILES string of the molecule is C[C@H](CNC(=O)N(C)[C@@H](C)c1cccnc1)Oc1cccc(F)c1. The van der Waals surface area contributed by atoms with Crippen molar-refractivity contribution in [2.45, 2.75) is 26.0 Å². The second kappa shape index (κ2) is 8.29. The highest BCUT2D eigenvalue weighted by Crippen LogP contribution is 2.17. The Hall–Kier alpha value is -2.63. The molecule has 0 bridgehead atoms. The zero-order valence-corrected chi connectivity index (χ0v) is 14.1. The van der Waals surface area contributed by atoms with Crippen LogP contribution in [0.2, 0.25) is 0 Å². The van der Waals surface area contributed by atoms with Gasteiger partial charge in [-0.3, -0.25) is 4.98 Å². The van der Waals surface area contributed by atoms with Crippen LogP contribution >= 0.6 is 0 Å². The van der Waals surface area contributed by atoms with Gasteiger partial charge in [0.15, 0.2) is 0 Å². The summed E-state index contributed by atoms with van der Waals surface area (Å²) >= 11 is 0. The Balaban J connectivity index is 1.83. The van der Waals surface area contributed by atoms with Crippen LogP contribution in [0.3, 0.4) is 0 Å². The Morgan fingerprint density at radius 1 is 1.33 bits per heavy atom. The van der Waals surface area contributed by atoms with Gasteiger partial charge in [-0.05, 0) is 37.6 Å². The van der Waals surface area contributed by atoms with Gasteiger partial charge in [-0.25, -0.2) is 9.18 Å². The molecule has 128 valence electrons. The second-order valence-corrected chi connectivity index (χ2v) is 5.65. The molecule has 0 saturated heterocycles. The summed E-state index contributed by atoms with van der Waals surface area (Å²) < 4.78 is 18.7. The van der Waals surface area contributed by atoms with Crippen LogP contribution in [0.4, 0.5) is 9.18 Å². The van der Waals surface area contributed by atoms with E-state index in [1.54, 1.807) is 36.5 Å². The van der Waals surface area contributed by atoms with E-state index in [0.717, 1.165) is 5.56 Å². The van der Waals surface area contributed by atoms with Crippen molar-refractivity contribution in [2.75, 3.05) is 13.6 Å². The summed E-state index contributed by atoms with van der Waals surface area (Å²) in [6.07, 6.45) is 3.16. The third kappa shape index (κ3) is 4.94. The number of hydrogen-bond donors (Lipinski definition) is 1. The van der Waals surface area contributed by atoms with E-state index in [0.29, 0.717) is 12.3 Å². The molecule has 0 aliphatic carbocycles. The molecule has 1 aromatic carbocycles. The number of rotatable bonds is 6. The molecule has 0 spiro atoms. The summed E-state index contributed by atoms with van der Waals surface area (Å²) in [5, 5.41) is 2.82. The number of aromatic nitrogens is 1. The Kier molecular flexibility index (Phi) is 6.12. The number of nitrogens with zero attached hydrogens (tertiary/aromatic N) is 2. The highest BCUT2D eigenvalue weighted by Gasteiger charge is 2.18. The molecule has 1 aromatic heterocycles. The Labute approximate surface area is 141 Å². The molecule has 2 atom stereocenters. The number of pyridine rings is 1. The van der Waals surface area contributed by atoms with Crippen molar-refractivity contribution in [2.24, 2.45) is 0 Å². The van der Waals surface area contributed by atoms with Gasteiger partial charge in [0.1, 0.15) is 17.7 Å². The number of nitrogens with one attached hydrogen (secondary N) is 1. The van der Waals surface area contributed by atoms with Crippen molar-refractivity contribution in [3.63, 3.8) is 0 Å². The van der Waals surface area contributed by atoms with Gasteiger partial charge in [-0.15, -0.1) is 0 Å². The lowest BCUT2D eigenvalue weighted by atomic mass is 10.1. The molecule has 2 aromatic rings. The molecule has 0 aliphatic rings. The van der Waals surface area contributed by atoms with Crippen LogP contribution in [0.15, 0.2) is 48.8 Å². The lowest BCUT2D eigenvalue weighted by molar-refractivity contribution is 0.179. The molecule has 2 amide bonds. The van der Waals surface area contributed by atoms with Crippen molar-refractivity contribution in [3.05, 3.63) is 60.2 Å². The third-order valence-corrected chi connectivity index (χ3v) is 3.74. The molecule has 6 heteroatoms. The lowest BCUT2D eigenvalue weighted by Crippen LogP contribution is -2.42. The first-order chi connectivity index (χ1) is 11.5. The largest absolute Gasteiger partial charge is 0.489 e. The highest BCUT2D eigenvalue weighted by molar-refractivity contribution is 5.74. The first-order valence-corrected chi connectivity index (χ1v) is 7.80. The normalized spacial score (nSPS) is 13.0. The van der Waals surface area contributed by atoms with Crippen molar-refractivity contribution < 1.29 is 13.9 Å². The van der Waals surface area contributed by atoms with Gasteiger partial charge in [0.05, 0.1) is 12.6 Å². The average Bonchev–Trinajstić information content (AvgIpc) is 2.59. The van der Waals surface area contributed by atoms with E-state index >= 15 is 0 Å². The maximum Gasteiger partial charge on any atom is 0.317 e. The Morgan fingerprint density at radius 2 is 2.12 bits per heavy atom. The van der Waals surface area contributed by atoms with Gasteiger partial charge in [0.25, 0.3) is 0 Å². The fourth-order valence-electron chi connectivity index (χ4n) is 2.19. The number of ether oxygens (including phenoxy) is 1. The monoisotopic (exact) mass is 331 g/mol. The lowest BCUT2D eigenvalue weighted by Gasteiger charge is -2.26. The average molecular weight is 331 g/mol. The minimum atomic E-state index is -0.353. The summed E-state index contributed by atoms with van der Waals surface area (Å²) in [6.45, 7) is 4.07. The molecule has 24 heavy (non-hydrogen) atoms. The topological polar surface area (TPSA) is 54.5 Å². The van der Waals surface area contributed by atoms with E-state index in [1.165, 1.54) is 12.1 Å². The van der Waals surface area contributed by atoms with Gasteiger partial charge in [-0.1, -0.05) is 12.1 Å². The summed E-state index contributed by atoms with van der Waals surface area (Å²) in [4.78, 5) is 17.9. The predicted molar refractivity (Wildman–Crippen MR) is 90.3 cm³/mol. The van der Waals surface area contributed by atoms with Crippen LogP contribution in [-0.2, 0) is 0 Å². The van der Waals surface area contributed by atoms with E-state index in [-0.39, 0.29) is 24.0 Å². The number of amides is 2. The number of carbonyl (C=O) groups excluding carboxylic acids is 1. The fraction of sp³-hybridized carbons (Fsp3) is 0.333. The second-order valence-electron chi connectivity index (χ2n) is 5.65. The van der Waals surface area contributed by atoms with Crippen molar-refractivity contribution in [1.82, 2.24) is 15.2 Å². The molecule has 1 N–H and O–H groups in total. The van der Waals surface area contributed by atoms with Crippen molar-refractivity contribution >= 4 is 6.03 Å². The van der Waals surface area contributed by atoms with E-state index < -0.39 is 0 Å². The van der Waals surface area contributed by atoms with Crippen molar-refractivity contribution in [3.8, 4) is 5.75 Å². The van der Waals surface area contributed by atoms with Gasteiger partial charge in [0.2, 0.25) is 0 Å². The third-order valence-electron chi connectivity index (χ3n) is 3.74. The van der Waals surface area contributed by atoms with Crippen LogP contribution in [0.25, 0.3) is 0 Å². The van der Waals surface area contributed by atoms with Crippen molar-refractivity contribution in [1.29, 1.82) is 0 Å². The molecule has 5 nitrogen and oxygen atoms in total. The number of urea groups is 1. The van der Waals surface area contributed by atoms with Crippen LogP contribution < -0.4 is 10.1 Å². The molecule has 0 aliphatic heterocycles. The van der Waals surface area contributed by atoms with Crippen LogP contribution in [0, 0.1) is 5.82 Å². The number of benzene rings is 1. The number of hydrogen-bond acceptors (Lipinski definition) is 3. The molecule has 0 unspecified atom stereocenters. The minimum Gasteiger partial charge on any atom is -0.489 e. The number of halogens is 1. The van der Waals surface area contributed by atoms with Gasteiger partial charge in [0, 0.05) is 25.5 Å². The maximum atomic E-state index is 13.1. The van der Waals surface area contributed by atoms with E-state index in [2.05, 4.69) is 10.3 Å². The molecular formula is C18H22FN3O2. The maximum absolute atomic E-state index is 13.1. The molecule has 2 rings (SSSR count). The fourth-order valence-corrected chi connectivity index (χ4v) is 2.19. The van der Waals surface area contributed by atoms with Gasteiger partial charge in [-0.2, -0.15) is 0 Å². The van der Waals surface area contributed by atoms with Crippen LogP contribution in [0.1, 0.15) is 25.5 Å². The Morgan fingerprint density at radius 3 is 2.79 bits per heavy atom. The van der Waals surface area contributed by atoms with E-state index in [4.69, 9.17) is 4.74 Å². The van der Waals surface area contributed by atoms with E-state index in [9.17, 15) is 9.18 Å². The highest BCUT2D eigenvalue weighted by atomic mass is 19.1. The predicted octanol–water partition coefficient (Wildman–Crippen LogP) is 3.39. The summed E-state index contributed by atoms with van der Waals surface area (Å²) in [7, 11) is 1.73. The zero-order valence-electron chi connectivity index (χ0n) is 14.1. The van der Waals surface area contributed by atoms with E-state index in [1.807, 2.05) is 26.0 Å². The minimum absolute atomic E-state index is 0.0989. The first-order valence-electron chi connectivity index (χ1n) is 7.80. The first kappa shape index (κ1) is 17.7. The number of carbonyl (C=O) groups is 1. The molecular weight excluding hydrogens is 309 g/mol. The standard InChI is InChI=1S/C18H22FN3O2/c1-13(24-17-8-4-7-16(19)10-17)11-21-18(23)22(3)14(2)15-6-5-9-20-12-15/h4-10,12-14H,11H2,1-3H3,(H,21,23)/t13-,14+/m1/s1. The molecule has 1 heterocycles. The van der Waals surface area contributed by atoms with Crippen LogP contribution in [0.5, 0.6) is 5.75 Å². The summed E-state index contributed by atoms with van der Waals surface area (Å²) in [6, 6.07) is 9.39. The van der Waals surface area contributed by atoms with Crippen LogP contribution in [-0.4, -0.2) is 35.6 Å². The Bertz CT molecular complexity index is 666. The molecule has 0 saturated carbocycles. The zero-order chi connectivity index (χ0) is 17.5. The van der Waals surface area contributed by atoms with Gasteiger partial charge >= 0.3 is 6.03 Å². The van der Waals surface area contributed by atoms with Gasteiger partial charge < -0.3 is 15.0 Å². The summed E-state index contributed by atoms with van der Waals surface area (Å²) in [5.41, 5.74) is 0.958. The molecule has 0 fully saturated rings. The quantitative estimate of drug-likeness (QED) is 0.883.